The number of aromatic nitrogens is 1. The summed E-state index contributed by atoms with van der Waals surface area (Å²) in [6.45, 7) is 0. The lowest BCUT2D eigenvalue weighted by atomic mass is 9.93. The highest BCUT2D eigenvalue weighted by Crippen LogP contribution is 2.43. The average molecular weight is 957 g/mol. The fourth-order valence-electron chi connectivity index (χ4n) is 11.2. The van der Waals surface area contributed by atoms with Gasteiger partial charge in [0, 0.05) is 49.7 Å². The highest BCUT2D eigenvalue weighted by molar-refractivity contribution is 6.11. The van der Waals surface area contributed by atoms with Gasteiger partial charge in [-0.2, -0.15) is 0 Å². The summed E-state index contributed by atoms with van der Waals surface area (Å²) in [5.74, 6) is 0. The van der Waals surface area contributed by atoms with Gasteiger partial charge in [0.25, 0.3) is 0 Å². The Bertz CT molecular complexity index is 4340. The average Bonchev–Trinajstić information content (AvgIpc) is 4.05. The van der Waals surface area contributed by atoms with Crippen molar-refractivity contribution in [1.29, 1.82) is 0 Å². The van der Waals surface area contributed by atoms with Crippen molar-refractivity contribution in [3.8, 4) is 72.4 Å². The Morgan fingerprint density at radius 1 is 0.253 bits per heavy atom. The Hall–Kier alpha value is -9.96. The molecule has 3 heteroatoms. The normalized spacial score (nSPS) is 11.5. The molecule has 2 aromatic heterocycles. The maximum absolute atomic E-state index is 6.47. The van der Waals surface area contributed by atoms with Gasteiger partial charge in [-0.1, -0.05) is 224 Å². The number of benzene rings is 12. The van der Waals surface area contributed by atoms with Crippen molar-refractivity contribution in [2.24, 2.45) is 0 Å². The molecule has 352 valence electrons. The van der Waals surface area contributed by atoms with Crippen molar-refractivity contribution in [3.05, 3.63) is 291 Å². The highest BCUT2D eigenvalue weighted by Gasteiger charge is 2.20. The molecule has 0 fully saturated rings. The third kappa shape index (κ3) is 7.86. The molecule has 0 unspecified atom stereocenters. The molecule has 14 rings (SSSR count). The number of fused-ring (bicyclic) bond motifs is 6. The van der Waals surface area contributed by atoms with E-state index in [-0.39, 0.29) is 0 Å². The van der Waals surface area contributed by atoms with E-state index in [1.807, 2.05) is 12.1 Å². The molecular weight excluding hydrogens is 909 g/mol. The Kier molecular flexibility index (Phi) is 10.8. The van der Waals surface area contributed by atoms with E-state index < -0.39 is 0 Å². The first-order valence-corrected chi connectivity index (χ1v) is 25.6. The Balaban J connectivity index is 0.843. The molecule has 2 heterocycles. The smallest absolute Gasteiger partial charge is 0.143 e. The molecule has 0 bridgehead atoms. The minimum atomic E-state index is 0.902. The zero-order valence-corrected chi connectivity index (χ0v) is 41.0. The number of hydrogen-bond donors (Lipinski definition) is 0. The number of rotatable bonds is 10. The predicted octanol–water partition coefficient (Wildman–Crippen LogP) is 20.2. The van der Waals surface area contributed by atoms with Crippen LogP contribution in [-0.2, 0) is 0 Å². The van der Waals surface area contributed by atoms with Crippen molar-refractivity contribution >= 4 is 60.8 Å². The number of para-hydroxylation sites is 5. The summed E-state index contributed by atoms with van der Waals surface area (Å²) >= 11 is 0. The van der Waals surface area contributed by atoms with E-state index in [0.717, 1.165) is 83.6 Å². The standard InChI is InChI=1S/C72H48N2O/c1-2-17-49(18-3-1)50-35-37-51(38-36-50)55-20-15-22-59(48-55)73(57-43-39-52(40-44-57)54-19-14-21-56(47-54)61-29-16-30-67-66-28-9-13-34-71(66)75-72(61)67)58-45-41-53(42-46-58)60-23-4-5-24-62(60)63-25-6-10-31-68(63)74-69-32-11-7-26-64(69)65-27-8-12-33-70(65)74/h1-48H. The van der Waals surface area contributed by atoms with Crippen molar-refractivity contribution in [2.45, 2.75) is 0 Å². The lowest BCUT2D eigenvalue weighted by Crippen LogP contribution is -2.10. The van der Waals surface area contributed by atoms with Gasteiger partial charge >= 0.3 is 0 Å². The second-order valence-corrected chi connectivity index (χ2v) is 19.2. The minimum absolute atomic E-state index is 0.902. The minimum Gasteiger partial charge on any atom is -0.455 e. The molecule has 0 saturated carbocycles. The highest BCUT2D eigenvalue weighted by atomic mass is 16.3. The Labute approximate surface area is 436 Å². The molecule has 0 spiro atoms. The summed E-state index contributed by atoms with van der Waals surface area (Å²) in [4.78, 5) is 2.37. The van der Waals surface area contributed by atoms with Gasteiger partial charge in [-0.25, -0.2) is 0 Å². The fraction of sp³-hybridized carbons (Fsp3) is 0. The lowest BCUT2D eigenvalue weighted by Gasteiger charge is -2.26. The number of anilines is 3. The van der Waals surface area contributed by atoms with E-state index in [9.17, 15) is 0 Å². The molecule has 0 N–H and O–H groups in total. The number of furan rings is 1. The van der Waals surface area contributed by atoms with Gasteiger partial charge < -0.3 is 13.9 Å². The van der Waals surface area contributed by atoms with Crippen LogP contribution in [0.15, 0.2) is 296 Å². The van der Waals surface area contributed by atoms with Gasteiger partial charge in [-0.05, 0) is 122 Å². The molecule has 0 atom stereocenters. The van der Waals surface area contributed by atoms with Crippen LogP contribution in [0.2, 0.25) is 0 Å². The van der Waals surface area contributed by atoms with Crippen molar-refractivity contribution in [1.82, 2.24) is 4.57 Å². The van der Waals surface area contributed by atoms with Crippen LogP contribution in [0.1, 0.15) is 0 Å². The third-order valence-corrected chi connectivity index (χ3v) is 14.8. The van der Waals surface area contributed by atoms with Crippen molar-refractivity contribution in [3.63, 3.8) is 0 Å². The van der Waals surface area contributed by atoms with Gasteiger partial charge in [-0.15, -0.1) is 0 Å². The first-order valence-electron chi connectivity index (χ1n) is 25.6. The van der Waals surface area contributed by atoms with Crippen LogP contribution in [0, 0.1) is 0 Å². The van der Waals surface area contributed by atoms with E-state index in [1.54, 1.807) is 0 Å². The second-order valence-electron chi connectivity index (χ2n) is 19.2. The maximum atomic E-state index is 6.47. The monoisotopic (exact) mass is 956 g/mol. The van der Waals surface area contributed by atoms with Crippen LogP contribution < -0.4 is 4.90 Å². The summed E-state index contributed by atoms with van der Waals surface area (Å²) in [5, 5.41) is 4.76. The van der Waals surface area contributed by atoms with E-state index in [0.29, 0.717) is 0 Å². The van der Waals surface area contributed by atoms with Crippen molar-refractivity contribution < 1.29 is 4.42 Å². The molecular formula is C72H48N2O. The van der Waals surface area contributed by atoms with Gasteiger partial charge in [0.2, 0.25) is 0 Å². The topological polar surface area (TPSA) is 21.3 Å². The molecule has 0 radical (unpaired) electrons. The van der Waals surface area contributed by atoms with Crippen LogP contribution in [0.3, 0.4) is 0 Å². The predicted molar refractivity (Wildman–Crippen MR) is 315 cm³/mol. The molecule has 75 heavy (non-hydrogen) atoms. The summed E-state index contributed by atoms with van der Waals surface area (Å²) in [5.41, 5.74) is 22.4. The van der Waals surface area contributed by atoms with Crippen molar-refractivity contribution in [2.75, 3.05) is 4.90 Å². The molecule has 0 aliphatic rings. The quantitative estimate of drug-likeness (QED) is 0.136. The number of hydrogen-bond acceptors (Lipinski definition) is 2. The van der Waals surface area contributed by atoms with E-state index in [1.165, 1.54) is 49.6 Å². The second kappa shape index (κ2) is 18.6. The van der Waals surface area contributed by atoms with Gasteiger partial charge in [0.15, 0.2) is 0 Å². The summed E-state index contributed by atoms with van der Waals surface area (Å²) in [6, 6.07) is 105. The van der Waals surface area contributed by atoms with Crippen LogP contribution in [0.25, 0.3) is 116 Å². The summed E-state index contributed by atoms with van der Waals surface area (Å²) in [7, 11) is 0. The number of nitrogens with zero attached hydrogens (tertiary/aromatic N) is 2. The van der Waals surface area contributed by atoms with Gasteiger partial charge in [-0.3, -0.25) is 0 Å². The molecule has 0 aliphatic heterocycles. The molecule has 0 amide bonds. The first kappa shape index (κ1) is 43.8. The zero-order chi connectivity index (χ0) is 49.7. The summed E-state index contributed by atoms with van der Waals surface area (Å²) in [6.07, 6.45) is 0. The van der Waals surface area contributed by atoms with Gasteiger partial charge in [0.1, 0.15) is 11.2 Å². The molecule has 0 saturated heterocycles. The Morgan fingerprint density at radius 2 is 0.707 bits per heavy atom. The van der Waals surface area contributed by atoms with E-state index >= 15 is 0 Å². The fourth-order valence-corrected chi connectivity index (χ4v) is 11.2. The van der Waals surface area contributed by atoms with Crippen LogP contribution in [0.4, 0.5) is 17.1 Å². The van der Waals surface area contributed by atoms with Crippen LogP contribution in [0.5, 0.6) is 0 Å². The first-order chi connectivity index (χ1) is 37.2. The lowest BCUT2D eigenvalue weighted by molar-refractivity contribution is 0.670. The SMILES string of the molecule is c1ccc(-c2ccc(-c3cccc(N(c4ccc(-c5cccc(-c6cccc7c6oc6ccccc67)c5)cc4)c4ccc(-c5ccccc5-c5ccccc5-n5c6ccccc6c6ccccc65)cc4)c3)cc2)cc1. The van der Waals surface area contributed by atoms with Crippen LogP contribution in [-0.4, -0.2) is 4.57 Å². The molecule has 14 aromatic rings. The maximum Gasteiger partial charge on any atom is 0.143 e. The van der Waals surface area contributed by atoms with E-state index in [4.69, 9.17) is 4.42 Å². The summed E-state index contributed by atoms with van der Waals surface area (Å²) < 4.78 is 8.89. The third-order valence-electron chi connectivity index (χ3n) is 14.8. The van der Waals surface area contributed by atoms with Gasteiger partial charge in [0.05, 0.1) is 16.7 Å². The molecule has 0 aliphatic carbocycles. The zero-order valence-electron chi connectivity index (χ0n) is 41.0. The molecule has 3 nitrogen and oxygen atoms in total. The van der Waals surface area contributed by atoms with E-state index in [2.05, 4.69) is 289 Å². The Morgan fingerprint density at radius 3 is 1.41 bits per heavy atom. The molecule has 12 aromatic carbocycles. The van der Waals surface area contributed by atoms with Crippen LogP contribution >= 0.6 is 0 Å². The largest absolute Gasteiger partial charge is 0.455 e.